The number of halogens is 1. The number of ether oxygens (including phenoxy) is 2. The second kappa shape index (κ2) is 8.99. The normalized spacial score (nSPS) is 22.9. The zero-order valence-electron chi connectivity index (χ0n) is 17.7. The van der Waals surface area contributed by atoms with Gasteiger partial charge >= 0.3 is 5.97 Å². The predicted molar refractivity (Wildman–Crippen MR) is 115 cm³/mol. The summed E-state index contributed by atoms with van der Waals surface area (Å²) >= 11 is 0. The van der Waals surface area contributed by atoms with Gasteiger partial charge in [0.1, 0.15) is 24.3 Å². The summed E-state index contributed by atoms with van der Waals surface area (Å²) in [4.78, 5) is 25.5. The lowest BCUT2D eigenvalue weighted by atomic mass is 9.95. The van der Waals surface area contributed by atoms with Gasteiger partial charge in [0.15, 0.2) is 0 Å². The maximum Gasteiger partial charge on any atom is 0.305 e. The van der Waals surface area contributed by atoms with E-state index >= 15 is 0 Å². The summed E-state index contributed by atoms with van der Waals surface area (Å²) in [5.74, 6) is -1.76. The van der Waals surface area contributed by atoms with Gasteiger partial charge in [-0.1, -0.05) is 6.07 Å². The van der Waals surface area contributed by atoms with E-state index in [9.17, 15) is 22.4 Å². The van der Waals surface area contributed by atoms with Crippen molar-refractivity contribution in [3.63, 3.8) is 0 Å². The minimum atomic E-state index is -4.07. The molecule has 3 atom stereocenters. The van der Waals surface area contributed by atoms with Gasteiger partial charge in [0.2, 0.25) is 0 Å². The quantitative estimate of drug-likeness (QED) is 0.677. The molecule has 1 saturated heterocycles. The molecular weight excluding hydrogens is 455 g/mol. The summed E-state index contributed by atoms with van der Waals surface area (Å²) in [5, 5.41) is 9.04. The number of carboxylic acid groups (broad SMARTS) is 1. The van der Waals surface area contributed by atoms with Crippen LogP contribution in [0.25, 0.3) is 0 Å². The van der Waals surface area contributed by atoms with Gasteiger partial charge in [-0.25, -0.2) is 12.8 Å². The zero-order valence-corrected chi connectivity index (χ0v) is 18.5. The van der Waals surface area contributed by atoms with Crippen molar-refractivity contribution in [3.8, 4) is 5.75 Å². The predicted octanol–water partition coefficient (Wildman–Crippen LogP) is 2.48. The van der Waals surface area contributed by atoms with Crippen LogP contribution < -0.4 is 9.46 Å². The number of anilines is 1. The second-order valence-electron chi connectivity index (χ2n) is 8.04. The Balaban J connectivity index is 1.58. The molecule has 176 valence electrons. The van der Waals surface area contributed by atoms with E-state index in [4.69, 9.17) is 14.6 Å². The summed E-state index contributed by atoms with van der Waals surface area (Å²) in [6.45, 7) is 0.111. The first-order valence-corrected chi connectivity index (χ1v) is 11.8. The van der Waals surface area contributed by atoms with Gasteiger partial charge in [-0.05, 0) is 49.2 Å². The average Bonchev–Trinajstić information content (AvgIpc) is 2.76. The summed E-state index contributed by atoms with van der Waals surface area (Å²) in [7, 11) is -2.44. The van der Waals surface area contributed by atoms with E-state index in [2.05, 4.69) is 4.72 Å². The first kappa shape index (κ1) is 23.0. The number of nitrogens with zero attached hydrogens (tertiary/aromatic N) is 1. The van der Waals surface area contributed by atoms with Crippen molar-refractivity contribution in [2.24, 2.45) is 0 Å². The van der Waals surface area contributed by atoms with Crippen molar-refractivity contribution in [1.29, 1.82) is 0 Å². The molecule has 11 heteroatoms. The van der Waals surface area contributed by atoms with Gasteiger partial charge in [-0.2, -0.15) is 0 Å². The highest BCUT2D eigenvalue weighted by atomic mass is 32.2. The third-order valence-electron chi connectivity index (χ3n) is 5.77. The number of carbonyl (C=O) groups is 2. The lowest BCUT2D eigenvalue weighted by Gasteiger charge is -2.42. The monoisotopic (exact) mass is 478 g/mol. The molecule has 0 saturated carbocycles. The fraction of sp³-hybridized carbons (Fsp3) is 0.364. The van der Waals surface area contributed by atoms with Crippen LogP contribution in [0.5, 0.6) is 5.75 Å². The van der Waals surface area contributed by atoms with E-state index in [1.807, 2.05) is 0 Å². The maximum absolute atomic E-state index is 13.5. The molecule has 33 heavy (non-hydrogen) atoms. The van der Waals surface area contributed by atoms with Gasteiger partial charge in [-0.3, -0.25) is 14.3 Å². The summed E-state index contributed by atoms with van der Waals surface area (Å²) in [6, 6.07) is 8.58. The molecule has 2 aliphatic rings. The average molecular weight is 478 g/mol. The Morgan fingerprint density at radius 1 is 1.24 bits per heavy atom. The molecule has 1 amide bonds. The van der Waals surface area contributed by atoms with E-state index in [1.54, 1.807) is 7.05 Å². The molecule has 1 fully saturated rings. The topological polar surface area (TPSA) is 122 Å². The molecule has 2 aliphatic heterocycles. The van der Waals surface area contributed by atoms with Gasteiger partial charge < -0.3 is 19.5 Å². The minimum absolute atomic E-state index is 0.111. The SMILES string of the molecule is CN1C(=O)c2cc(NS(=O)(=O)c3cccc(F)c3)ccc2OC[C@H]2O[C@H](CC(=O)O)CC[C@H]21. The highest BCUT2D eigenvalue weighted by Crippen LogP contribution is 2.33. The first-order valence-electron chi connectivity index (χ1n) is 10.3. The standard InChI is InChI=1S/C22H23FN2O7S/c1-25-18-7-6-15(11-21(26)27)32-20(18)12-31-19-8-5-14(10-17(19)22(25)28)24-33(29,30)16-4-2-3-13(23)9-16/h2-5,8-10,15,18,20,24H,6-7,11-12H2,1H3,(H,26,27)/t15-,18+,20+/m0/s1. The fourth-order valence-corrected chi connectivity index (χ4v) is 5.21. The van der Waals surface area contributed by atoms with Crippen molar-refractivity contribution in [2.45, 2.75) is 42.4 Å². The van der Waals surface area contributed by atoms with E-state index in [1.165, 1.54) is 35.2 Å². The second-order valence-corrected chi connectivity index (χ2v) is 9.72. The van der Waals surface area contributed by atoms with E-state index in [0.29, 0.717) is 12.8 Å². The number of amides is 1. The summed E-state index contributed by atoms with van der Waals surface area (Å²) < 4.78 is 52.8. The van der Waals surface area contributed by atoms with Crippen LogP contribution in [0, 0.1) is 5.82 Å². The lowest BCUT2D eigenvalue weighted by molar-refractivity contribution is -0.148. The number of aliphatic carboxylic acids is 1. The lowest BCUT2D eigenvalue weighted by Crippen LogP contribution is -2.53. The third kappa shape index (κ3) is 4.93. The molecule has 2 aromatic carbocycles. The Labute approximate surface area is 190 Å². The number of hydrogen-bond acceptors (Lipinski definition) is 6. The Hall–Kier alpha value is -3.18. The van der Waals surface area contributed by atoms with Gasteiger partial charge in [0, 0.05) is 12.7 Å². The molecule has 4 rings (SSSR count). The third-order valence-corrected chi connectivity index (χ3v) is 7.15. The molecule has 9 nitrogen and oxygen atoms in total. The van der Waals surface area contributed by atoms with Crippen molar-refractivity contribution in [3.05, 3.63) is 53.8 Å². The number of sulfonamides is 1. The van der Waals surface area contributed by atoms with E-state index in [0.717, 1.165) is 12.1 Å². The van der Waals surface area contributed by atoms with Crippen molar-refractivity contribution in [2.75, 3.05) is 18.4 Å². The number of rotatable bonds is 5. The van der Waals surface area contributed by atoms with Crippen LogP contribution in [-0.4, -0.2) is 62.2 Å². The van der Waals surface area contributed by atoms with Crippen molar-refractivity contribution in [1.82, 2.24) is 4.90 Å². The van der Waals surface area contributed by atoms with Crippen molar-refractivity contribution < 1.29 is 37.0 Å². The highest BCUT2D eigenvalue weighted by molar-refractivity contribution is 7.92. The molecule has 2 heterocycles. The van der Waals surface area contributed by atoms with Crippen LogP contribution in [-0.2, 0) is 19.6 Å². The summed E-state index contributed by atoms with van der Waals surface area (Å²) in [6.07, 6.45) is -0.0154. The molecule has 0 bridgehead atoms. The van der Waals surface area contributed by atoms with Gasteiger partial charge in [0.05, 0.1) is 29.0 Å². The number of benzene rings is 2. The largest absolute Gasteiger partial charge is 0.490 e. The molecule has 2 aromatic rings. The Morgan fingerprint density at radius 2 is 2.03 bits per heavy atom. The van der Waals surface area contributed by atoms with Crippen LogP contribution in [0.3, 0.4) is 0 Å². The number of hydrogen-bond donors (Lipinski definition) is 2. The van der Waals surface area contributed by atoms with Crippen LogP contribution in [0.15, 0.2) is 47.4 Å². The minimum Gasteiger partial charge on any atom is -0.490 e. The number of likely N-dealkylation sites (N-methyl/N-ethyl adjacent to an activating group) is 1. The van der Waals surface area contributed by atoms with Crippen LogP contribution in [0.1, 0.15) is 29.6 Å². The number of nitrogens with one attached hydrogen (secondary N) is 1. The Morgan fingerprint density at radius 3 is 2.76 bits per heavy atom. The molecule has 0 radical (unpaired) electrons. The molecular formula is C22H23FN2O7S. The number of carbonyl (C=O) groups excluding carboxylic acids is 1. The van der Waals surface area contributed by atoms with E-state index in [-0.39, 0.29) is 46.9 Å². The molecule has 0 aliphatic carbocycles. The maximum atomic E-state index is 13.5. The van der Waals surface area contributed by atoms with Crippen LogP contribution in [0.2, 0.25) is 0 Å². The first-order chi connectivity index (χ1) is 15.6. The Bertz CT molecular complexity index is 1190. The zero-order chi connectivity index (χ0) is 23.8. The number of fused-ring (bicyclic) bond motifs is 2. The van der Waals surface area contributed by atoms with Gasteiger partial charge in [0.25, 0.3) is 15.9 Å². The van der Waals surface area contributed by atoms with E-state index < -0.39 is 34.0 Å². The fourth-order valence-electron chi connectivity index (χ4n) is 4.13. The smallest absolute Gasteiger partial charge is 0.305 e. The van der Waals surface area contributed by atoms with Gasteiger partial charge in [-0.15, -0.1) is 0 Å². The Kier molecular flexibility index (Phi) is 6.26. The molecule has 0 unspecified atom stereocenters. The summed E-state index contributed by atoms with van der Waals surface area (Å²) in [5.41, 5.74) is 0.296. The molecule has 0 spiro atoms. The molecule has 2 N–H and O–H groups in total. The van der Waals surface area contributed by atoms with Crippen molar-refractivity contribution >= 4 is 27.6 Å². The van der Waals surface area contributed by atoms with Crippen LogP contribution in [0.4, 0.5) is 10.1 Å². The molecule has 0 aromatic heterocycles. The number of carboxylic acids is 1. The van der Waals surface area contributed by atoms with Crippen LogP contribution >= 0.6 is 0 Å². The highest BCUT2D eigenvalue weighted by Gasteiger charge is 2.39.